The van der Waals surface area contributed by atoms with Crippen LogP contribution < -0.4 is 4.74 Å². The topological polar surface area (TPSA) is 38.7 Å². The van der Waals surface area contributed by atoms with Crippen molar-refractivity contribution in [1.82, 2.24) is 0 Å². The molecule has 1 N–H and O–H groups in total. The number of ether oxygens (including phenoxy) is 2. The van der Waals surface area contributed by atoms with E-state index in [1.54, 1.807) is 7.11 Å². The molecule has 1 unspecified atom stereocenters. The summed E-state index contributed by atoms with van der Waals surface area (Å²) in [5.41, 5.74) is 5.83. The summed E-state index contributed by atoms with van der Waals surface area (Å²) in [6, 6.07) is 14.2. The molecule has 0 aliphatic carbocycles. The van der Waals surface area contributed by atoms with Crippen LogP contribution >= 0.6 is 22.6 Å². The van der Waals surface area contributed by atoms with E-state index >= 15 is 0 Å². The van der Waals surface area contributed by atoms with Crippen LogP contribution in [-0.4, -0.2) is 24.9 Å². The summed E-state index contributed by atoms with van der Waals surface area (Å²) in [4.78, 5) is 0. The minimum Gasteiger partial charge on any atom is -0.504 e. The van der Waals surface area contributed by atoms with Crippen LogP contribution in [0.4, 0.5) is 0 Å². The van der Waals surface area contributed by atoms with Crippen LogP contribution in [0.5, 0.6) is 11.5 Å². The van der Waals surface area contributed by atoms with E-state index < -0.39 is 0 Å². The van der Waals surface area contributed by atoms with E-state index in [4.69, 9.17) is 9.47 Å². The summed E-state index contributed by atoms with van der Waals surface area (Å²) in [6.07, 6.45) is 7.16. The Morgan fingerprint density at radius 1 is 1.31 bits per heavy atom. The lowest BCUT2D eigenvalue weighted by Gasteiger charge is -2.17. The van der Waals surface area contributed by atoms with Gasteiger partial charge in [-0.1, -0.05) is 56.0 Å². The number of methoxy groups -OCH3 is 1. The van der Waals surface area contributed by atoms with Gasteiger partial charge in [-0.2, -0.15) is 0 Å². The second kappa shape index (κ2) is 10.1. The van der Waals surface area contributed by atoms with E-state index in [0.717, 1.165) is 34.0 Å². The number of hydrogen-bond acceptors (Lipinski definition) is 3. The molecule has 0 spiro atoms. The van der Waals surface area contributed by atoms with Crippen molar-refractivity contribution in [3.63, 3.8) is 0 Å². The monoisotopic (exact) mass is 502 g/mol. The van der Waals surface area contributed by atoms with Crippen LogP contribution in [0, 0.1) is 3.57 Å². The third-order valence-electron chi connectivity index (χ3n) is 5.21. The number of aromatic hydroxyl groups is 1. The number of benzene rings is 2. The van der Waals surface area contributed by atoms with Gasteiger partial charge in [-0.15, -0.1) is 0 Å². The standard InChI is InChI=1S/C25H27IO3/c1-4-17(2)21-12-13-29-23(21)11-10-20(19-8-6-5-7-9-19)14-18-15-22(26)25(27)24(16-18)28-3/h5-9,12,14-16,23,27H,2,4,10-11,13H2,1,3H3/b20-14-. The van der Waals surface area contributed by atoms with Gasteiger partial charge in [0.2, 0.25) is 0 Å². The fourth-order valence-corrected chi connectivity index (χ4v) is 4.19. The van der Waals surface area contributed by atoms with Crippen LogP contribution in [0.1, 0.15) is 37.3 Å². The molecule has 29 heavy (non-hydrogen) atoms. The lowest BCUT2D eigenvalue weighted by molar-refractivity contribution is 0.117. The normalized spacial score (nSPS) is 16.6. The minimum absolute atomic E-state index is 0.101. The van der Waals surface area contributed by atoms with Crippen molar-refractivity contribution in [3.8, 4) is 11.5 Å². The highest BCUT2D eigenvalue weighted by Gasteiger charge is 2.22. The Bertz CT molecular complexity index is 929. The van der Waals surface area contributed by atoms with Gasteiger partial charge < -0.3 is 14.6 Å². The molecule has 1 aliphatic rings. The maximum atomic E-state index is 10.1. The zero-order chi connectivity index (χ0) is 20.8. The molecule has 0 saturated heterocycles. The predicted molar refractivity (Wildman–Crippen MR) is 128 cm³/mol. The molecule has 4 heteroatoms. The van der Waals surface area contributed by atoms with Gasteiger partial charge in [-0.05, 0) is 81.8 Å². The molecular formula is C25H27IO3. The molecule has 0 bridgehead atoms. The highest BCUT2D eigenvalue weighted by Crippen LogP contribution is 2.35. The van der Waals surface area contributed by atoms with Gasteiger partial charge >= 0.3 is 0 Å². The summed E-state index contributed by atoms with van der Waals surface area (Å²) in [5, 5.41) is 10.1. The molecule has 0 radical (unpaired) electrons. The average molecular weight is 502 g/mol. The summed E-state index contributed by atoms with van der Waals surface area (Å²) in [6.45, 7) is 6.99. The molecule has 3 nitrogen and oxygen atoms in total. The first-order chi connectivity index (χ1) is 14.0. The number of phenolic OH excluding ortho intramolecular Hbond substituents is 1. The van der Waals surface area contributed by atoms with E-state index in [0.29, 0.717) is 12.4 Å². The summed E-state index contributed by atoms with van der Waals surface area (Å²) < 4.78 is 12.1. The van der Waals surface area contributed by atoms with Crippen LogP contribution in [0.3, 0.4) is 0 Å². The third-order valence-corrected chi connectivity index (χ3v) is 6.04. The van der Waals surface area contributed by atoms with Gasteiger partial charge in [0.25, 0.3) is 0 Å². The maximum absolute atomic E-state index is 10.1. The molecular weight excluding hydrogens is 475 g/mol. The third kappa shape index (κ3) is 5.31. The van der Waals surface area contributed by atoms with Crippen molar-refractivity contribution in [2.45, 2.75) is 32.3 Å². The van der Waals surface area contributed by atoms with Gasteiger partial charge in [0.1, 0.15) is 0 Å². The zero-order valence-corrected chi connectivity index (χ0v) is 19.1. The Kier molecular flexibility index (Phi) is 7.56. The van der Waals surface area contributed by atoms with Gasteiger partial charge in [0.15, 0.2) is 11.5 Å². The van der Waals surface area contributed by atoms with Crippen LogP contribution in [-0.2, 0) is 4.74 Å². The van der Waals surface area contributed by atoms with Crippen molar-refractivity contribution in [2.75, 3.05) is 13.7 Å². The second-order valence-corrected chi connectivity index (χ2v) is 8.23. The first-order valence-electron chi connectivity index (χ1n) is 9.85. The first-order valence-corrected chi connectivity index (χ1v) is 10.9. The fourth-order valence-electron chi connectivity index (χ4n) is 3.56. The first kappa shape index (κ1) is 21.7. The highest BCUT2D eigenvalue weighted by atomic mass is 127. The fraction of sp³-hybridized carbons (Fsp3) is 0.280. The molecule has 1 aliphatic heterocycles. The number of halogens is 1. The lowest BCUT2D eigenvalue weighted by atomic mass is 9.93. The summed E-state index contributed by atoms with van der Waals surface area (Å²) in [5.74, 6) is 0.665. The van der Waals surface area contributed by atoms with Gasteiger partial charge in [0, 0.05) is 0 Å². The van der Waals surface area contributed by atoms with Crippen molar-refractivity contribution in [3.05, 3.63) is 81.0 Å². The van der Waals surface area contributed by atoms with Crippen LogP contribution in [0.15, 0.2) is 66.3 Å². The molecule has 1 heterocycles. The molecule has 3 rings (SSSR count). The van der Waals surface area contributed by atoms with Crippen molar-refractivity contribution >= 4 is 34.2 Å². The number of hydrogen-bond donors (Lipinski definition) is 1. The number of allylic oxidation sites excluding steroid dienone is 1. The van der Waals surface area contributed by atoms with Gasteiger partial charge in [-0.3, -0.25) is 0 Å². The van der Waals surface area contributed by atoms with Crippen LogP contribution in [0.2, 0.25) is 0 Å². The summed E-state index contributed by atoms with van der Waals surface area (Å²) in [7, 11) is 1.57. The molecule has 2 aromatic rings. The Morgan fingerprint density at radius 2 is 2.07 bits per heavy atom. The number of rotatable bonds is 8. The molecule has 1 atom stereocenters. The SMILES string of the molecule is C=C(CC)C1=CCOC1CC/C(=C/c1cc(I)c(O)c(OC)c1)c1ccccc1. The van der Waals surface area contributed by atoms with Crippen LogP contribution in [0.25, 0.3) is 11.6 Å². The smallest absolute Gasteiger partial charge is 0.171 e. The van der Waals surface area contributed by atoms with Crippen molar-refractivity contribution in [2.24, 2.45) is 0 Å². The Morgan fingerprint density at radius 3 is 2.76 bits per heavy atom. The largest absolute Gasteiger partial charge is 0.504 e. The van der Waals surface area contributed by atoms with Crippen molar-refractivity contribution < 1.29 is 14.6 Å². The van der Waals surface area contributed by atoms with Crippen molar-refractivity contribution in [1.29, 1.82) is 0 Å². The molecule has 0 amide bonds. The van der Waals surface area contributed by atoms with E-state index in [-0.39, 0.29) is 11.9 Å². The number of phenols is 1. The average Bonchev–Trinajstić information content (AvgIpc) is 3.22. The molecule has 152 valence electrons. The minimum atomic E-state index is 0.101. The van der Waals surface area contributed by atoms with E-state index in [1.807, 2.05) is 18.2 Å². The maximum Gasteiger partial charge on any atom is 0.171 e. The van der Waals surface area contributed by atoms with Gasteiger partial charge in [-0.25, -0.2) is 0 Å². The highest BCUT2D eigenvalue weighted by molar-refractivity contribution is 14.1. The quantitative estimate of drug-likeness (QED) is 0.326. The second-order valence-electron chi connectivity index (χ2n) is 7.07. The van der Waals surface area contributed by atoms with E-state index in [9.17, 15) is 5.11 Å². The van der Waals surface area contributed by atoms with E-state index in [2.05, 4.69) is 72.5 Å². The molecule has 0 saturated carbocycles. The molecule has 2 aromatic carbocycles. The Labute approximate surface area is 186 Å². The Balaban J connectivity index is 1.89. The molecule has 0 fully saturated rings. The Hall–Kier alpha value is -2.05. The van der Waals surface area contributed by atoms with Gasteiger partial charge in [0.05, 0.1) is 23.4 Å². The molecule has 0 aromatic heterocycles. The predicted octanol–water partition coefficient (Wildman–Crippen LogP) is 6.62. The van der Waals surface area contributed by atoms with E-state index in [1.165, 1.54) is 16.7 Å². The lowest BCUT2D eigenvalue weighted by Crippen LogP contribution is -2.11. The summed E-state index contributed by atoms with van der Waals surface area (Å²) >= 11 is 2.13. The zero-order valence-electron chi connectivity index (χ0n) is 17.0.